The number of sulfone groups is 1. The minimum absolute atomic E-state index is 0.0240. The molecule has 2 heterocycles. The second kappa shape index (κ2) is 8.04. The number of aryl methyl sites for hydroxylation is 1. The third-order valence-corrected chi connectivity index (χ3v) is 6.45. The van der Waals surface area contributed by atoms with Crippen molar-refractivity contribution in [1.29, 1.82) is 0 Å². The maximum Gasteiger partial charge on any atom is 0.272 e. The van der Waals surface area contributed by atoms with Gasteiger partial charge in [-0.3, -0.25) is 4.79 Å². The van der Waals surface area contributed by atoms with Gasteiger partial charge in [0.15, 0.2) is 9.84 Å². The zero-order valence-electron chi connectivity index (χ0n) is 15.6. The summed E-state index contributed by atoms with van der Waals surface area (Å²) < 4.78 is 23.5. The van der Waals surface area contributed by atoms with E-state index in [0.29, 0.717) is 25.5 Å². The average molecular weight is 388 g/mol. The van der Waals surface area contributed by atoms with Crippen molar-refractivity contribution in [3.8, 4) is 0 Å². The van der Waals surface area contributed by atoms with Gasteiger partial charge in [-0.1, -0.05) is 29.8 Å². The summed E-state index contributed by atoms with van der Waals surface area (Å²) in [4.78, 5) is 22.9. The van der Waals surface area contributed by atoms with Gasteiger partial charge in [0.05, 0.1) is 11.5 Å². The van der Waals surface area contributed by atoms with Crippen LogP contribution in [0.1, 0.15) is 35.0 Å². The summed E-state index contributed by atoms with van der Waals surface area (Å²) in [5.41, 5.74) is 2.55. The lowest BCUT2D eigenvalue weighted by Crippen LogP contribution is -2.41. The minimum atomic E-state index is -3.06. The molecule has 8 heteroatoms. The number of anilines is 1. The molecule has 1 aliphatic rings. The van der Waals surface area contributed by atoms with Gasteiger partial charge in [-0.25, -0.2) is 18.4 Å². The Hall–Kier alpha value is -2.48. The summed E-state index contributed by atoms with van der Waals surface area (Å²) in [6, 6.07) is 9.39. The van der Waals surface area contributed by atoms with Crippen LogP contribution in [0.15, 0.2) is 36.5 Å². The van der Waals surface area contributed by atoms with Gasteiger partial charge in [0.2, 0.25) is 5.95 Å². The van der Waals surface area contributed by atoms with Crippen LogP contribution in [-0.4, -0.2) is 53.3 Å². The molecule has 2 aromatic rings. The lowest BCUT2D eigenvalue weighted by Gasteiger charge is -2.26. The van der Waals surface area contributed by atoms with Gasteiger partial charge in [-0.05, 0) is 31.9 Å². The molecular weight excluding hydrogens is 364 g/mol. The zero-order chi connectivity index (χ0) is 19.4. The molecule has 7 nitrogen and oxygen atoms in total. The number of nitrogens with one attached hydrogen (secondary N) is 1. The molecule has 1 aromatic carbocycles. The number of rotatable bonds is 6. The van der Waals surface area contributed by atoms with Crippen molar-refractivity contribution in [1.82, 2.24) is 14.9 Å². The molecule has 0 bridgehead atoms. The molecule has 1 saturated heterocycles. The van der Waals surface area contributed by atoms with Gasteiger partial charge in [0.25, 0.3) is 5.91 Å². The normalized spacial score (nSPS) is 18.2. The van der Waals surface area contributed by atoms with Crippen molar-refractivity contribution >= 4 is 21.7 Å². The SMILES string of the molecule is CCN(C(=O)c1ccnc(NCc2ccc(C)cc2)n1)C1CCS(=O)(=O)C1. The molecular formula is C19H24N4O3S. The van der Waals surface area contributed by atoms with Gasteiger partial charge in [-0.15, -0.1) is 0 Å². The van der Waals surface area contributed by atoms with Crippen LogP contribution >= 0.6 is 0 Å². The smallest absolute Gasteiger partial charge is 0.272 e. The fourth-order valence-electron chi connectivity index (χ4n) is 3.19. The first-order valence-electron chi connectivity index (χ1n) is 9.02. The fourth-order valence-corrected chi connectivity index (χ4v) is 4.92. The van der Waals surface area contributed by atoms with E-state index < -0.39 is 9.84 Å². The number of hydrogen-bond acceptors (Lipinski definition) is 6. The molecule has 1 N–H and O–H groups in total. The van der Waals surface area contributed by atoms with Gasteiger partial charge < -0.3 is 10.2 Å². The van der Waals surface area contributed by atoms with Crippen LogP contribution in [0.25, 0.3) is 0 Å². The zero-order valence-corrected chi connectivity index (χ0v) is 16.4. The number of nitrogens with zero attached hydrogens (tertiary/aromatic N) is 3. The Labute approximate surface area is 159 Å². The Bertz CT molecular complexity index is 913. The van der Waals surface area contributed by atoms with Crippen molar-refractivity contribution in [2.24, 2.45) is 0 Å². The van der Waals surface area contributed by atoms with Crippen molar-refractivity contribution in [3.05, 3.63) is 53.3 Å². The van der Waals surface area contributed by atoms with Crippen LogP contribution in [-0.2, 0) is 16.4 Å². The summed E-state index contributed by atoms with van der Waals surface area (Å²) in [7, 11) is -3.06. The second-order valence-electron chi connectivity index (χ2n) is 6.75. The Morgan fingerprint density at radius 3 is 2.63 bits per heavy atom. The number of hydrogen-bond donors (Lipinski definition) is 1. The van der Waals surface area contributed by atoms with Crippen LogP contribution in [0.4, 0.5) is 5.95 Å². The molecule has 0 spiro atoms. The maximum absolute atomic E-state index is 12.9. The maximum atomic E-state index is 12.9. The van der Waals surface area contributed by atoms with E-state index in [4.69, 9.17) is 0 Å². The molecule has 1 fully saturated rings. The monoisotopic (exact) mass is 388 g/mol. The Morgan fingerprint density at radius 1 is 1.26 bits per heavy atom. The Balaban J connectivity index is 1.70. The summed E-state index contributed by atoms with van der Waals surface area (Å²) in [6.07, 6.45) is 2.02. The molecule has 1 unspecified atom stereocenters. The van der Waals surface area contributed by atoms with Gasteiger partial charge >= 0.3 is 0 Å². The van der Waals surface area contributed by atoms with E-state index in [9.17, 15) is 13.2 Å². The van der Waals surface area contributed by atoms with E-state index >= 15 is 0 Å². The van der Waals surface area contributed by atoms with Crippen LogP contribution in [0, 0.1) is 6.92 Å². The predicted molar refractivity (Wildman–Crippen MR) is 104 cm³/mol. The topological polar surface area (TPSA) is 92.3 Å². The van der Waals surface area contributed by atoms with Crippen molar-refractivity contribution in [3.63, 3.8) is 0 Å². The average Bonchev–Trinajstić information content (AvgIpc) is 3.01. The molecule has 27 heavy (non-hydrogen) atoms. The van der Waals surface area contributed by atoms with Crippen LogP contribution < -0.4 is 5.32 Å². The van der Waals surface area contributed by atoms with Crippen molar-refractivity contribution in [2.45, 2.75) is 32.9 Å². The van der Waals surface area contributed by atoms with Gasteiger partial charge in [0, 0.05) is 25.3 Å². The van der Waals surface area contributed by atoms with Gasteiger partial charge in [-0.2, -0.15) is 0 Å². The molecule has 3 rings (SSSR count). The summed E-state index contributed by atoms with van der Waals surface area (Å²) >= 11 is 0. The lowest BCUT2D eigenvalue weighted by atomic mass is 10.1. The highest BCUT2D eigenvalue weighted by molar-refractivity contribution is 7.91. The summed E-state index contributed by atoms with van der Waals surface area (Å²) in [6.45, 7) is 4.87. The Morgan fingerprint density at radius 2 is 2.00 bits per heavy atom. The van der Waals surface area contributed by atoms with E-state index in [0.717, 1.165) is 5.56 Å². The third-order valence-electron chi connectivity index (χ3n) is 4.70. The standard InChI is InChI=1S/C19H24N4O3S/c1-3-23(16-9-11-27(25,26)13-16)18(24)17-8-10-20-19(22-17)21-12-15-6-4-14(2)5-7-15/h4-8,10,16H,3,9,11-13H2,1-2H3,(H,20,21,22). The lowest BCUT2D eigenvalue weighted by molar-refractivity contribution is 0.0702. The highest BCUT2D eigenvalue weighted by atomic mass is 32.2. The van der Waals surface area contributed by atoms with Crippen molar-refractivity contribution in [2.75, 3.05) is 23.4 Å². The molecule has 1 aliphatic heterocycles. The first-order chi connectivity index (χ1) is 12.9. The molecule has 0 saturated carbocycles. The van der Waals surface area contributed by atoms with E-state index in [-0.39, 0.29) is 29.1 Å². The second-order valence-corrected chi connectivity index (χ2v) is 8.98. The molecule has 0 radical (unpaired) electrons. The van der Waals surface area contributed by atoms with Crippen LogP contribution in [0.5, 0.6) is 0 Å². The molecule has 1 amide bonds. The van der Waals surface area contributed by atoms with E-state index in [1.54, 1.807) is 11.0 Å². The largest absolute Gasteiger partial charge is 0.350 e. The van der Waals surface area contributed by atoms with E-state index in [1.165, 1.54) is 11.8 Å². The molecule has 1 aromatic heterocycles. The quantitative estimate of drug-likeness (QED) is 0.814. The highest BCUT2D eigenvalue weighted by Crippen LogP contribution is 2.19. The van der Waals surface area contributed by atoms with Crippen LogP contribution in [0.2, 0.25) is 0 Å². The number of carbonyl (C=O) groups is 1. The number of aromatic nitrogens is 2. The Kier molecular flexibility index (Phi) is 5.74. The number of amides is 1. The highest BCUT2D eigenvalue weighted by Gasteiger charge is 2.34. The number of benzene rings is 1. The summed E-state index contributed by atoms with van der Waals surface area (Å²) in [5, 5.41) is 3.13. The van der Waals surface area contributed by atoms with Gasteiger partial charge in [0.1, 0.15) is 5.69 Å². The fraction of sp³-hybridized carbons (Fsp3) is 0.421. The number of carbonyl (C=O) groups excluding carboxylic acids is 1. The first kappa shape index (κ1) is 19.3. The minimum Gasteiger partial charge on any atom is -0.350 e. The van der Waals surface area contributed by atoms with E-state index in [1.807, 2.05) is 38.1 Å². The summed E-state index contributed by atoms with van der Waals surface area (Å²) in [5.74, 6) is 0.266. The van der Waals surface area contributed by atoms with E-state index in [2.05, 4.69) is 15.3 Å². The van der Waals surface area contributed by atoms with Crippen molar-refractivity contribution < 1.29 is 13.2 Å². The first-order valence-corrected chi connectivity index (χ1v) is 10.8. The predicted octanol–water partition coefficient (Wildman–Crippen LogP) is 2.05. The molecule has 144 valence electrons. The molecule has 1 atom stereocenters. The third kappa shape index (κ3) is 4.82. The molecule has 0 aliphatic carbocycles. The van der Waals surface area contributed by atoms with Crippen LogP contribution in [0.3, 0.4) is 0 Å².